The molecule has 5 aromatic heterocycles. The Bertz CT molecular complexity index is 3180. The van der Waals surface area contributed by atoms with Crippen molar-refractivity contribution >= 4 is 65.0 Å². The second-order valence-corrected chi connectivity index (χ2v) is 13.3. The van der Waals surface area contributed by atoms with E-state index in [4.69, 9.17) is 24.9 Å². The van der Waals surface area contributed by atoms with Gasteiger partial charge < -0.3 is 0 Å². The Labute approximate surface area is 308 Å². The lowest BCUT2D eigenvalue weighted by Gasteiger charge is -2.15. The van der Waals surface area contributed by atoms with Gasteiger partial charge in [-0.2, -0.15) is 0 Å². The highest BCUT2D eigenvalue weighted by Gasteiger charge is 2.21. The van der Waals surface area contributed by atoms with E-state index in [0.29, 0.717) is 17.5 Å². The van der Waals surface area contributed by atoms with Crippen LogP contribution < -0.4 is 0 Å². The molecule has 0 N–H and O–H groups in total. The molecule has 0 aliphatic heterocycles. The number of fused-ring (bicyclic) bond motifs is 8. The number of pyridine rings is 4. The fraction of sp³-hybridized carbons (Fsp3) is 0. The van der Waals surface area contributed by atoms with Crippen molar-refractivity contribution in [1.29, 1.82) is 0 Å². The van der Waals surface area contributed by atoms with Crippen molar-refractivity contribution in [3.63, 3.8) is 0 Å². The first-order valence-corrected chi connectivity index (χ1v) is 17.8. The van der Waals surface area contributed by atoms with E-state index in [1.165, 1.54) is 16.2 Å². The van der Waals surface area contributed by atoms with Crippen LogP contribution in [0.2, 0.25) is 0 Å². The van der Waals surface area contributed by atoms with Crippen LogP contribution in [0.4, 0.5) is 0 Å². The Morgan fingerprint density at radius 3 is 1.56 bits per heavy atom. The van der Waals surface area contributed by atoms with E-state index in [-0.39, 0.29) is 0 Å². The molecule has 6 aromatic carbocycles. The number of benzene rings is 6. The number of hydrogen-bond donors (Lipinski definition) is 0. The van der Waals surface area contributed by atoms with Crippen LogP contribution in [-0.2, 0) is 0 Å². The maximum absolute atomic E-state index is 5.28. The zero-order chi connectivity index (χ0) is 35.6. The van der Waals surface area contributed by atoms with Gasteiger partial charge in [0.25, 0.3) is 0 Å². The predicted molar refractivity (Wildman–Crippen MR) is 218 cm³/mol. The van der Waals surface area contributed by atoms with E-state index in [0.717, 1.165) is 76.9 Å². The maximum atomic E-state index is 5.28. The molecule has 7 nitrogen and oxygen atoms in total. The van der Waals surface area contributed by atoms with Crippen molar-refractivity contribution in [2.45, 2.75) is 0 Å². The van der Waals surface area contributed by atoms with E-state index >= 15 is 0 Å². The third-order valence-electron chi connectivity index (χ3n) is 10.3. The minimum absolute atomic E-state index is 0.523. The smallest absolute Gasteiger partial charge is 0.166 e. The highest BCUT2D eigenvalue weighted by Crippen LogP contribution is 2.40. The van der Waals surface area contributed by atoms with Gasteiger partial charge in [-0.1, -0.05) is 115 Å². The van der Waals surface area contributed by atoms with Crippen LogP contribution in [0.1, 0.15) is 0 Å². The summed E-state index contributed by atoms with van der Waals surface area (Å²) in [6.45, 7) is 0. The topological polar surface area (TPSA) is 90.2 Å². The maximum Gasteiger partial charge on any atom is 0.166 e. The van der Waals surface area contributed by atoms with Crippen molar-refractivity contribution in [3.8, 4) is 45.6 Å². The molecule has 0 atom stereocenters. The highest BCUT2D eigenvalue weighted by atomic mass is 15.0. The summed E-state index contributed by atoms with van der Waals surface area (Å²) >= 11 is 0. The molecule has 0 amide bonds. The fourth-order valence-electron chi connectivity index (χ4n) is 7.80. The summed E-state index contributed by atoms with van der Waals surface area (Å²) in [4.78, 5) is 35.2. The first kappa shape index (κ1) is 30.1. The minimum Gasteiger partial charge on any atom is -0.256 e. The number of nitrogens with zero attached hydrogens (tertiary/aromatic N) is 7. The van der Waals surface area contributed by atoms with E-state index in [1.807, 2.05) is 72.9 Å². The average Bonchev–Trinajstić information content (AvgIpc) is 3.25. The molecule has 7 heteroatoms. The largest absolute Gasteiger partial charge is 0.256 e. The second-order valence-electron chi connectivity index (χ2n) is 13.3. The second kappa shape index (κ2) is 12.0. The van der Waals surface area contributed by atoms with Crippen LogP contribution in [-0.4, -0.2) is 34.9 Å². The Morgan fingerprint density at radius 2 is 0.852 bits per heavy atom. The predicted octanol–water partition coefficient (Wildman–Crippen LogP) is 11.0. The molecular formula is C47H27N7. The summed E-state index contributed by atoms with van der Waals surface area (Å²) in [6.07, 6.45) is 5.49. The van der Waals surface area contributed by atoms with Crippen LogP contribution in [0.15, 0.2) is 164 Å². The molecule has 5 heterocycles. The Morgan fingerprint density at radius 1 is 0.296 bits per heavy atom. The molecule has 0 radical (unpaired) electrons. The van der Waals surface area contributed by atoms with E-state index in [2.05, 4.69) is 88.8 Å². The molecule has 0 saturated heterocycles. The first-order chi connectivity index (χ1) is 26.8. The molecule has 0 fully saturated rings. The van der Waals surface area contributed by atoms with Crippen LogP contribution in [0.25, 0.3) is 111 Å². The Balaban J connectivity index is 1.19. The number of rotatable bonds is 4. The molecule has 0 aliphatic carbocycles. The van der Waals surface area contributed by atoms with Crippen molar-refractivity contribution in [2.75, 3.05) is 0 Å². The normalized spacial score (nSPS) is 11.7. The molecule has 0 spiro atoms. The molecule has 11 rings (SSSR count). The standard InChI is InChI=1S/C47H27N7/c1-2-12-29-28(11-1)23-24-37-42(29)36-15-5-6-20-41(36)51-44(37)43-33-14-4-3-13-30(33)38(27-50-43)47-53-45(34-16-7-21-39-31(34)18-9-25-48-39)52-46(54-47)35-17-8-22-40-32(35)19-10-26-49-40/h1-27H. The molecule has 0 unspecified atom stereocenters. The SMILES string of the molecule is c1ccc2c(c1)ccc1c(-c3ncc(-c4nc(-c5cccc6ncccc56)nc(-c5cccc6ncccc56)n4)c4ccccc34)nc3ccccc3c12. The van der Waals surface area contributed by atoms with Gasteiger partial charge in [0.1, 0.15) is 0 Å². The quantitative estimate of drug-likeness (QED) is 0.170. The first-order valence-electron chi connectivity index (χ1n) is 17.8. The van der Waals surface area contributed by atoms with Crippen molar-refractivity contribution in [3.05, 3.63) is 164 Å². The van der Waals surface area contributed by atoms with Gasteiger partial charge in [0.15, 0.2) is 17.5 Å². The molecule has 0 bridgehead atoms. The van der Waals surface area contributed by atoms with Gasteiger partial charge in [0.2, 0.25) is 0 Å². The van der Waals surface area contributed by atoms with Gasteiger partial charge >= 0.3 is 0 Å². The highest BCUT2D eigenvalue weighted by molar-refractivity contribution is 6.23. The average molecular weight is 690 g/mol. The molecule has 0 saturated carbocycles. The van der Waals surface area contributed by atoms with Gasteiger partial charge in [-0.25, -0.2) is 19.9 Å². The van der Waals surface area contributed by atoms with Crippen LogP contribution in [0.3, 0.4) is 0 Å². The van der Waals surface area contributed by atoms with E-state index in [9.17, 15) is 0 Å². The monoisotopic (exact) mass is 689 g/mol. The number of aromatic nitrogens is 7. The summed E-state index contributed by atoms with van der Waals surface area (Å²) < 4.78 is 0. The number of para-hydroxylation sites is 1. The van der Waals surface area contributed by atoms with Crippen molar-refractivity contribution < 1.29 is 0 Å². The van der Waals surface area contributed by atoms with Gasteiger partial charge in [-0.05, 0) is 46.5 Å². The molecule has 54 heavy (non-hydrogen) atoms. The third-order valence-corrected chi connectivity index (χ3v) is 10.3. The van der Waals surface area contributed by atoms with Gasteiger partial charge in [0, 0.05) is 67.6 Å². The molecular weight excluding hydrogens is 663 g/mol. The molecule has 250 valence electrons. The molecule has 0 aliphatic rings. The Hall–Kier alpha value is -7.51. The lowest BCUT2D eigenvalue weighted by Crippen LogP contribution is -2.02. The minimum atomic E-state index is 0.523. The summed E-state index contributed by atoms with van der Waals surface area (Å²) in [5.41, 5.74) is 6.84. The van der Waals surface area contributed by atoms with Crippen molar-refractivity contribution in [2.24, 2.45) is 0 Å². The Kier molecular flexibility index (Phi) is 6.72. The summed E-state index contributed by atoms with van der Waals surface area (Å²) in [6, 6.07) is 49.6. The fourth-order valence-corrected chi connectivity index (χ4v) is 7.80. The van der Waals surface area contributed by atoms with Gasteiger partial charge in [-0.15, -0.1) is 0 Å². The lowest BCUT2D eigenvalue weighted by molar-refractivity contribution is 1.08. The van der Waals surface area contributed by atoms with E-state index < -0.39 is 0 Å². The third kappa shape index (κ3) is 4.72. The van der Waals surface area contributed by atoms with E-state index in [1.54, 1.807) is 12.4 Å². The van der Waals surface area contributed by atoms with Gasteiger partial charge in [0.05, 0.1) is 27.9 Å². The lowest BCUT2D eigenvalue weighted by atomic mass is 9.95. The summed E-state index contributed by atoms with van der Waals surface area (Å²) in [7, 11) is 0. The van der Waals surface area contributed by atoms with Crippen molar-refractivity contribution in [1.82, 2.24) is 34.9 Å². The number of hydrogen-bond acceptors (Lipinski definition) is 7. The van der Waals surface area contributed by atoms with Crippen LogP contribution in [0.5, 0.6) is 0 Å². The summed E-state index contributed by atoms with van der Waals surface area (Å²) in [5, 5.41) is 9.56. The molecule has 11 aromatic rings. The van der Waals surface area contributed by atoms with Crippen LogP contribution >= 0.6 is 0 Å². The van der Waals surface area contributed by atoms with Gasteiger partial charge in [-0.3, -0.25) is 15.0 Å². The zero-order valence-electron chi connectivity index (χ0n) is 28.7. The van der Waals surface area contributed by atoms with Crippen LogP contribution in [0, 0.1) is 0 Å². The summed E-state index contributed by atoms with van der Waals surface area (Å²) in [5.74, 6) is 1.63. The zero-order valence-corrected chi connectivity index (χ0v) is 28.7.